The molecule has 0 radical (unpaired) electrons. The maximum atomic E-state index is 12.4. The summed E-state index contributed by atoms with van der Waals surface area (Å²) in [5, 5.41) is 2.84. The lowest BCUT2D eigenvalue weighted by Gasteiger charge is -2.13. The zero-order valence-electron chi connectivity index (χ0n) is 11.9. The maximum absolute atomic E-state index is 12.4. The molecule has 0 saturated heterocycles. The Bertz CT molecular complexity index is 631. The molecule has 0 aromatic heterocycles. The Hall–Kier alpha value is -2.49. The summed E-state index contributed by atoms with van der Waals surface area (Å²) in [5.41, 5.74) is 9.48. The molecule has 0 aliphatic heterocycles. The summed E-state index contributed by atoms with van der Waals surface area (Å²) >= 11 is 0. The van der Waals surface area contributed by atoms with Gasteiger partial charge in [-0.1, -0.05) is 18.2 Å². The van der Waals surface area contributed by atoms with E-state index < -0.39 is 0 Å². The molecule has 0 fully saturated rings. The lowest BCUT2D eigenvalue weighted by atomic mass is 10.0. The van der Waals surface area contributed by atoms with E-state index in [-0.39, 0.29) is 5.91 Å². The van der Waals surface area contributed by atoms with Crippen LogP contribution >= 0.6 is 0 Å². The Labute approximate surface area is 118 Å². The fourth-order valence-electron chi connectivity index (χ4n) is 2.13. The molecular weight excluding hydrogens is 252 g/mol. The summed E-state index contributed by atoms with van der Waals surface area (Å²) in [5.74, 6) is 0.483. The van der Waals surface area contributed by atoms with Crippen LogP contribution in [0, 0.1) is 13.8 Å². The summed E-state index contributed by atoms with van der Waals surface area (Å²) in [6.45, 7) is 3.83. The zero-order chi connectivity index (χ0) is 14.7. The number of hydrogen-bond acceptors (Lipinski definition) is 3. The third-order valence-corrected chi connectivity index (χ3v) is 3.22. The van der Waals surface area contributed by atoms with Crippen molar-refractivity contribution in [1.29, 1.82) is 0 Å². The number of carbonyl (C=O) groups excluding carboxylic acids is 1. The van der Waals surface area contributed by atoms with Gasteiger partial charge in [0.2, 0.25) is 0 Å². The number of nitrogens with two attached hydrogens (primary N) is 1. The smallest absolute Gasteiger partial charge is 0.256 e. The molecule has 0 aliphatic rings. The molecule has 2 aromatic carbocycles. The number of rotatable bonds is 3. The normalized spacial score (nSPS) is 10.2. The van der Waals surface area contributed by atoms with Gasteiger partial charge in [-0.2, -0.15) is 0 Å². The van der Waals surface area contributed by atoms with E-state index in [2.05, 4.69) is 5.32 Å². The van der Waals surface area contributed by atoms with Gasteiger partial charge in [0.05, 0.1) is 18.5 Å². The van der Waals surface area contributed by atoms with Gasteiger partial charge >= 0.3 is 0 Å². The molecule has 20 heavy (non-hydrogen) atoms. The van der Waals surface area contributed by atoms with Crippen molar-refractivity contribution in [2.24, 2.45) is 0 Å². The summed E-state index contributed by atoms with van der Waals surface area (Å²) < 4.78 is 5.14. The van der Waals surface area contributed by atoms with Crippen LogP contribution in [0.1, 0.15) is 21.5 Å². The summed E-state index contributed by atoms with van der Waals surface area (Å²) in [4.78, 5) is 12.4. The number of ether oxygens (including phenoxy) is 1. The molecule has 2 rings (SSSR count). The van der Waals surface area contributed by atoms with Crippen molar-refractivity contribution in [2.75, 3.05) is 18.2 Å². The Morgan fingerprint density at radius 1 is 1.15 bits per heavy atom. The quantitative estimate of drug-likeness (QED) is 0.842. The first-order valence-electron chi connectivity index (χ1n) is 6.34. The SMILES string of the molecule is COc1ccc(N)c(NC(=O)c2c(C)cccc2C)c1. The van der Waals surface area contributed by atoms with Gasteiger partial charge in [-0.25, -0.2) is 0 Å². The van der Waals surface area contributed by atoms with Gasteiger partial charge in [0.25, 0.3) is 5.91 Å². The number of anilines is 2. The first kappa shape index (κ1) is 13.9. The van der Waals surface area contributed by atoms with Gasteiger partial charge < -0.3 is 15.8 Å². The third kappa shape index (κ3) is 2.74. The number of aryl methyl sites for hydroxylation is 2. The molecular formula is C16H18N2O2. The highest BCUT2D eigenvalue weighted by Crippen LogP contribution is 2.25. The second-order valence-corrected chi connectivity index (χ2v) is 4.67. The highest BCUT2D eigenvalue weighted by atomic mass is 16.5. The minimum Gasteiger partial charge on any atom is -0.497 e. The molecule has 0 atom stereocenters. The predicted molar refractivity (Wildman–Crippen MR) is 81.3 cm³/mol. The van der Waals surface area contributed by atoms with Gasteiger partial charge in [-0.15, -0.1) is 0 Å². The van der Waals surface area contributed by atoms with Gasteiger partial charge in [0.15, 0.2) is 0 Å². The van der Waals surface area contributed by atoms with Crippen LogP contribution in [0.15, 0.2) is 36.4 Å². The zero-order valence-corrected chi connectivity index (χ0v) is 11.9. The average Bonchev–Trinajstić information content (AvgIpc) is 2.41. The van der Waals surface area contributed by atoms with Crippen LogP contribution < -0.4 is 15.8 Å². The number of amides is 1. The molecule has 104 valence electrons. The van der Waals surface area contributed by atoms with E-state index in [0.717, 1.165) is 11.1 Å². The number of benzene rings is 2. The average molecular weight is 270 g/mol. The van der Waals surface area contributed by atoms with Crippen molar-refractivity contribution in [2.45, 2.75) is 13.8 Å². The van der Waals surface area contributed by atoms with Crippen molar-refractivity contribution >= 4 is 17.3 Å². The summed E-state index contributed by atoms with van der Waals surface area (Å²) in [6, 6.07) is 10.9. The van der Waals surface area contributed by atoms with E-state index in [1.54, 1.807) is 25.3 Å². The van der Waals surface area contributed by atoms with Gasteiger partial charge in [0, 0.05) is 11.6 Å². The molecule has 0 heterocycles. The Morgan fingerprint density at radius 2 is 1.80 bits per heavy atom. The monoisotopic (exact) mass is 270 g/mol. The van der Waals surface area contributed by atoms with E-state index in [4.69, 9.17) is 10.5 Å². The number of carbonyl (C=O) groups is 1. The number of hydrogen-bond donors (Lipinski definition) is 2. The lowest BCUT2D eigenvalue weighted by molar-refractivity contribution is 0.102. The van der Waals surface area contributed by atoms with E-state index in [1.807, 2.05) is 32.0 Å². The Morgan fingerprint density at radius 3 is 2.40 bits per heavy atom. The molecule has 0 aliphatic carbocycles. The first-order chi connectivity index (χ1) is 9.52. The van der Waals surface area contributed by atoms with Crippen molar-refractivity contribution in [1.82, 2.24) is 0 Å². The molecule has 0 spiro atoms. The number of nitrogen functional groups attached to an aromatic ring is 1. The fourth-order valence-corrected chi connectivity index (χ4v) is 2.13. The van der Waals surface area contributed by atoms with Crippen LogP contribution in [0.2, 0.25) is 0 Å². The van der Waals surface area contributed by atoms with Crippen molar-refractivity contribution in [3.8, 4) is 5.75 Å². The molecule has 4 nitrogen and oxygen atoms in total. The van der Waals surface area contributed by atoms with E-state index in [1.165, 1.54) is 0 Å². The Balaban J connectivity index is 2.33. The van der Waals surface area contributed by atoms with Crippen LogP contribution in [-0.4, -0.2) is 13.0 Å². The maximum Gasteiger partial charge on any atom is 0.256 e. The third-order valence-electron chi connectivity index (χ3n) is 3.22. The molecule has 0 unspecified atom stereocenters. The van der Waals surface area contributed by atoms with Crippen molar-refractivity contribution in [3.63, 3.8) is 0 Å². The minimum atomic E-state index is -0.166. The van der Waals surface area contributed by atoms with Gasteiger partial charge in [-0.3, -0.25) is 4.79 Å². The molecule has 1 amide bonds. The largest absolute Gasteiger partial charge is 0.497 e. The predicted octanol–water partition coefficient (Wildman–Crippen LogP) is 3.15. The van der Waals surface area contributed by atoms with E-state index in [9.17, 15) is 4.79 Å². The molecule has 3 N–H and O–H groups in total. The van der Waals surface area contributed by atoms with E-state index in [0.29, 0.717) is 22.7 Å². The van der Waals surface area contributed by atoms with Crippen LogP contribution in [0.4, 0.5) is 11.4 Å². The van der Waals surface area contributed by atoms with Crippen molar-refractivity contribution in [3.05, 3.63) is 53.1 Å². The standard InChI is InChI=1S/C16H18N2O2/c1-10-5-4-6-11(2)15(10)16(19)18-14-9-12(20-3)7-8-13(14)17/h4-9H,17H2,1-3H3,(H,18,19). The highest BCUT2D eigenvalue weighted by Gasteiger charge is 2.13. The molecule has 0 saturated carbocycles. The summed E-state index contributed by atoms with van der Waals surface area (Å²) in [6.07, 6.45) is 0. The van der Waals surface area contributed by atoms with Crippen LogP contribution in [0.25, 0.3) is 0 Å². The van der Waals surface area contributed by atoms with Crippen LogP contribution in [0.5, 0.6) is 5.75 Å². The first-order valence-corrected chi connectivity index (χ1v) is 6.34. The second kappa shape index (κ2) is 5.65. The highest BCUT2D eigenvalue weighted by molar-refractivity contribution is 6.07. The molecule has 4 heteroatoms. The number of nitrogens with one attached hydrogen (secondary N) is 1. The van der Waals surface area contributed by atoms with Crippen LogP contribution in [-0.2, 0) is 0 Å². The summed E-state index contributed by atoms with van der Waals surface area (Å²) in [7, 11) is 1.57. The second-order valence-electron chi connectivity index (χ2n) is 4.67. The van der Waals surface area contributed by atoms with Crippen molar-refractivity contribution < 1.29 is 9.53 Å². The lowest BCUT2D eigenvalue weighted by Crippen LogP contribution is -2.16. The van der Waals surface area contributed by atoms with E-state index >= 15 is 0 Å². The molecule has 2 aromatic rings. The van der Waals surface area contributed by atoms with Gasteiger partial charge in [0.1, 0.15) is 5.75 Å². The minimum absolute atomic E-state index is 0.166. The van der Waals surface area contributed by atoms with Gasteiger partial charge in [-0.05, 0) is 37.1 Å². The fraction of sp³-hybridized carbons (Fsp3) is 0.188. The Kier molecular flexibility index (Phi) is 3.94. The van der Waals surface area contributed by atoms with Crippen LogP contribution in [0.3, 0.4) is 0 Å². The topological polar surface area (TPSA) is 64.3 Å². The molecule has 0 bridgehead atoms. The number of methoxy groups -OCH3 is 1.